The molecule has 35 heavy (non-hydrogen) atoms. The van der Waals surface area contributed by atoms with Crippen LogP contribution in [0.1, 0.15) is 47.6 Å². The number of amides is 2. The molecule has 0 aliphatic heterocycles. The third-order valence-electron chi connectivity index (χ3n) is 5.29. The summed E-state index contributed by atoms with van der Waals surface area (Å²) in [5.41, 5.74) is 0.585. The molecule has 0 fully saturated rings. The maximum atomic E-state index is 14.0. The Kier molecular flexibility index (Phi) is 8.40. The van der Waals surface area contributed by atoms with E-state index in [0.717, 1.165) is 4.88 Å². The molecule has 1 atom stereocenters. The molecule has 186 valence electrons. The second-order valence-corrected chi connectivity index (χ2v) is 10.0. The summed E-state index contributed by atoms with van der Waals surface area (Å²) in [5, 5.41) is 5.00. The van der Waals surface area contributed by atoms with Gasteiger partial charge in [-0.1, -0.05) is 18.2 Å². The molecule has 2 amide bonds. The van der Waals surface area contributed by atoms with E-state index in [-0.39, 0.29) is 18.4 Å². The Morgan fingerprint density at radius 2 is 1.63 bits per heavy atom. The van der Waals surface area contributed by atoms with Gasteiger partial charge in [0.2, 0.25) is 5.91 Å². The van der Waals surface area contributed by atoms with E-state index >= 15 is 0 Å². The molecule has 1 heterocycles. The zero-order valence-electron chi connectivity index (χ0n) is 21.0. The van der Waals surface area contributed by atoms with Gasteiger partial charge in [-0.2, -0.15) is 0 Å². The van der Waals surface area contributed by atoms with Crippen LogP contribution in [0.4, 0.5) is 0 Å². The second kappa shape index (κ2) is 11.3. The van der Waals surface area contributed by atoms with Gasteiger partial charge < -0.3 is 24.4 Å². The number of benzene rings is 2. The van der Waals surface area contributed by atoms with Gasteiger partial charge in [0, 0.05) is 16.0 Å². The van der Waals surface area contributed by atoms with E-state index in [0.29, 0.717) is 28.4 Å². The highest BCUT2D eigenvalue weighted by atomic mass is 32.1. The number of carbonyl (C=O) groups excluding carboxylic acids is 2. The monoisotopic (exact) mass is 496 g/mol. The molecule has 0 aliphatic carbocycles. The van der Waals surface area contributed by atoms with Gasteiger partial charge in [-0.15, -0.1) is 11.3 Å². The van der Waals surface area contributed by atoms with Gasteiger partial charge in [0.25, 0.3) is 5.91 Å². The largest absolute Gasteiger partial charge is 0.497 e. The van der Waals surface area contributed by atoms with Crippen molar-refractivity contribution in [1.29, 1.82) is 0 Å². The summed E-state index contributed by atoms with van der Waals surface area (Å²) < 4.78 is 16.0. The fourth-order valence-corrected chi connectivity index (χ4v) is 4.39. The molecule has 0 saturated heterocycles. The van der Waals surface area contributed by atoms with Gasteiger partial charge in [-0.3, -0.25) is 9.59 Å². The van der Waals surface area contributed by atoms with E-state index in [2.05, 4.69) is 5.32 Å². The van der Waals surface area contributed by atoms with Crippen LogP contribution in [0, 0.1) is 0 Å². The number of rotatable bonds is 9. The van der Waals surface area contributed by atoms with Gasteiger partial charge in [0.1, 0.15) is 11.8 Å². The van der Waals surface area contributed by atoms with E-state index in [1.807, 2.05) is 50.4 Å². The third kappa shape index (κ3) is 6.54. The number of ether oxygens (including phenoxy) is 3. The second-order valence-electron chi connectivity index (χ2n) is 9.00. The molecule has 0 saturated carbocycles. The first-order valence-corrected chi connectivity index (χ1v) is 12.1. The van der Waals surface area contributed by atoms with E-state index in [1.165, 1.54) is 18.4 Å². The highest BCUT2D eigenvalue weighted by Gasteiger charge is 2.34. The Morgan fingerprint density at radius 3 is 2.17 bits per heavy atom. The van der Waals surface area contributed by atoms with Gasteiger partial charge in [0.15, 0.2) is 11.5 Å². The Bertz CT molecular complexity index is 1140. The van der Waals surface area contributed by atoms with Crippen molar-refractivity contribution < 1.29 is 23.8 Å². The minimum absolute atomic E-state index is 0.263. The average molecular weight is 497 g/mol. The quantitative estimate of drug-likeness (QED) is 0.447. The Hall–Kier alpha value is -3.52. The van der Waals surface area contributed by atoms with Crippen molar-refractivity contribution in [1.82, 2.24) is 10.2 Å². The lowest BCUT2D eigenvalue weighted by molar-refractivity contribution is -0.127. The first kappa shape index (κ1) is 26.1. The number of hydrogen-bond donors (Lipinski definition) is 1. The Balaban J connectivity index is 2.12. The Morgan fingerprint density at radius 1 is 0.943 bits per heavy atom. The van der Waals surface area contributed by atoms with Crippen molar-refractivity contribution in [2.45, 2.75) is 38.9 Å². The summed E-state index contributed by atoms with van der Waals surface area (Å²) in [6.45, 7) is 6.00. The lowest BCUT2D eigenvalue weighted by atomic mass is 10.00. The van der Waals surface area contributed by atoms with Crippen LogP contribution in [-0.2, 0) is 11.3 Å². The molecular formula is C27H32N2O5S. The topological polar surface area (TPSA) is 77.1 Å². The zero-order valence-corrected chi connectivity index (χ0v) is 21.8. The molecule has 8 heteroatoms. The minimum atomic E-state index is -0.872. The van der Waals surface area contributed by atoms with Crippen LogP contribution < -0.4 is 19.5 Å². The van der Waals surface area contributed by atoms with Gasteiger partial charge in [-0.25, -0.2) is 0 Å². The number of thiophene rings is 1. The Labute approximate surface area is 210 Å². The van der Waals surface area contributed by atoms with Crippen molar-refractivity contribution in [2.24, 2.45) is 0 Å². The molecule has 0 unspecified atom stereocenters. The molecule has 1 aromatic heterocycles. The van der Waals surface area contributed by atoms with Crippen LogP contribution in [0.5, 0.6) is 17.2 Å². The SMILES string of the molecule is COc1ccc([C@@H](C(=O)NC(C)(C)C)N(Cc2cccs2)C(=O)c2ccc(OC)c(OC)c2)cc1. The molecule has 0 aliphatic rings. The molecule has 0 spiro atoms. The van der Waals surface area contributed by atoms with Gasteiger partial charge >= 0.3 is 0 Å². The molecule has 3 aromatic rings. The summed E-state index contributed by atoms with van der Waals surface area (Å²) in [4.78, 5) is 30.2. The van der Waals surface area contributed by atoms with Crippen LogP contribution in [0.2, 0.25) is 0 Å². The third-order valence-corrected chi connectivity index (χ3v) is 6.15. The predicted molar refractivity (Wildman–Crippen MR) is 137 cm³/mol. The fourth-order valence-electron chi connectivity index (χ4n) is 3.68. The summed E-state index contributed by atoms with van der Waals surface area (Å²) in [6, 6.07) is 15.2. The number of methoxy groups -OCH3 is 3. The van der Waals surface area contributed by atoms with E-state index in [1.54, 1.807) is 49.5 Å². The lowest BCUT2D eigenvalue weighted by Gasteiger charge is -2.33. The van der Waals surface area contributed by atoms with Crippen molar-refractivity contribution in [3.8, 4) is 17.2 Å². The molecule has 0 radical (unpaired) electrons. The average Bonchev–Trinajstić information content (AvgIpc) is 3.35. The van der Waals surface area contributed by atoms with Crippen LogP contribution in [0.15, 0.2) is 60.0 Å². The molecule has 0 bridgehead atoms. The molecular weight excluding hydrogens is 464 g/mol. The first-order valence-electron chi connectivity index (χ1n) is 11.2. The van der Waals surface area contributed by atoms with Crippen LogP contribution in [-0.4, -0.2) is 43.6 Å². The molecule has 2 aromatic carbocycles. The standard InChI is InChI=1S/C27H32N2O5S/c1-27(2,3)28-25(30)24(18-9-12-20(32-4)13-10-18)29(17-21-8-7-15-35-21)26(31)19-11-14-22(33-5)23(16-19)34-6/h7-16,24H,17H2,1-6H3,(H,28,30)/t24-/m0/s1. The summed E-state index contributed by atoms with van der Waals surface area (Å²) in [6.07, 6.45) is 0. The summed E-state index contributed by atoms with van der Waals surface area (Å²) >= 11 is 1.53. The van der Waals surface area contributed by atoms with Crippen molar-refractivity contribution >= 4 is 23.2 Å². The highest BCUT2D eigenvalue weighted by Crippen LogP contribution is 2.32. The van der Waals surface area contributed by atoms with Gasteiger partial charge in [-0.05, 0) is 68.1 Å². The van der Waals surface area contributed by atoms with E-state index < -0.39 is 11.6 Å². The van der Waals surface area contributed by atoms with E-state index in [4.69, 9.17) is 14.2 Å². The van der Waals surface area contributed by atoms with Crippen LogP contribution >= 0.6 is 11.3 Å². The van der Waals surface area contributed by atoms with Crippen molar-refractivity contribution in [3.63, 3.8) is 0 Å². The molecule has 1 N–H and O–H groups in total. The highest BCUT2D eigenvalue weighted by molar-refractivity contribution is 7.09. The number of hydrogen-bond acceptors (Lipinski definition) is 6. The van der Waals surface area contributed by atoms with Crippen LogP contribution in [0.3, 0.4) is 0 Å². The lowest BCUT2D eigenvalue weighted by Crippen LogP contribution is -2.49. The number of carbonyl (C=O) groups is 2. The van der Waals surface area contributed by atoms with Gasteiger partial charge in [0.05, 0.1) is 27.9 Å². The number of nitrogens with zero attached hydrogens (tertiary/aromatic N) is 1. The fraction of sp³-hybridized carbons (Fsp3) is 0.333. The first-order chi connectivity index (χ1) is 16.7. The van der Waals surface area contributed by atoms with Crippen molar-refractivity contribution in [3.05, 3.63) is 76.0 Å². The maximum absolute atomic E-state index is 14.0. The normalized spacial score (nSPS) is 11.9. The van der Waals surface area contributed by atoms with Crippen LogP contribution in [0.25, 0.3) is 0 Å². The maximum Gasteiger partial charge on any atom is 0.255 e. The number of nitrogens with one attached hydrogen (secondary N) is 1. The predicted octanol–water partition coefficient (Wildman–Crippen LogP) is 5.07. The molecule has 7 nitrogen and oxygen atoms in total. The summed E-state index contributed by atoms with van der Waals surface area (Å²) in [7, 11) is 4.65. The summed E-state index contributed by atoms with van der Waals surface area (Å²) in [5.74, 6) is 1.05. The van der Waals surface area contributed by atoms with Crippen molar-refractivity contribution in [2.75, 3.05) is 21.3 Å². The zero-order chi connectivity index (χ0) is 25.6. The molecule has 3 rings (SSSR count). The van der Waals surface area contributed by atoms with E-state index in [9.17, 15) is 9.59 Å². The minimum Gasteiger partial charge on any atom is -0.497 e. The smallest absolute Gasteiger partial charge is 0.255 e.